The minimum Gasteiger partial charge on any atom is -0.383 e. The Morgan fingerprint density at radius 2 is 2.14 bits per heavy atom. The zero-order valence-corrected chi connectivity index (χ0v) is 22.0. The molecule has 2 aliphatic heterocycles. The van der Waals surface area contributed by atoms with Gasteiger partial charge in [0.1, 0.15) is 0 Å². The monoisotopic (exact) mass is 552 g/mol. The molecule has 2 aromatic heterocycles. The van der Waals surface area contributed by atoms with E-state index in [4.69, 9.17) is 49.4 Å². The van der Waals surface area contributed by atoms with Crippen molar-refractivity contribution in [2.24, 2.45) is 0 Å². The van der Waals surface area contributed by atoms with Gasteiger partial charge in [0, 0.05) is 34.7 Å². The highest BCUT2D eigenvalue weighted by Crippen LogP contribution is 2.36. The summed E-state index contributed by atoms with van der Waals surface area (Å²) >= 11 is 20.3. The summed E-state index contributed by atoms with van der Waals surface area (Å²) in [7, 11) is 1.66. The number of hydrogen-bond donors (Lipinski definition) is 1. The van der Waals surface area contributed by atoms with Gasteiger partial charge in [0.05, 0.1) is 46.6 Å². The van der Waals surface area contributed by atoms with Crippen LogP contribution in [0.2, 0.25) is 14.4 Å². The van der Waals surface area contributed by atoms with Gasteiger partial charge in [-0.1, -0.05) is 34.8 Å². The quantitative estimate of drug-likeness (QED) is 0.423. The molecule has 0 radical (unpaired) electrons. The number of carbonyl (C=O) groups excluding carboxylic acids is 1. The van der Waals surface area contributed by atoms with Crippen molar-refractivity contribution in [1.29, 1.82) is 0 Å². The molecule has 11 heteroatoms. The van der Waals surface area contributed by atoms with Gasteiger partial charge < -0.3 is 9.47 Å². The molecule has 4 heterocycles. The molecule has 1 atom stereocenters. The van der Waals surface area contributed by atoms with Crippen LogP contribution < -0.4 is 5.43 Å². The van der Waals surface area contributed by atoms with Gasteiger partial charge in [-0.3, -0.25) is 10.2 Å². The molecule has 0 bridgehead atoms. The second kappa shape index (κ2) is 10.6. The number of thiophene rings is 1. The van der Waals surface area contributed by atoms with E-state index in [9.17, 15) is 4.79 Å². The first-order valence-electron chi connectivity index (χ1n) is 11.1. The van der Waals surface area contributed by atoms with Crippen LogP contribution in [0, 0.1) is 0 Å². The molecular weight excluding hydrogens is 531 g/mol. The maximum Gasteiger partial charge on any atom is 0.286 e. The molecule has 2 aliphatic rings. The van der Waals surface area contributed by atoms with Crippen LogP contribution in [-0.4, -0.2) is 53.6 Å². The van der Waals surface area contributed by atoms with Gasteiger partial charge in [-0.25, -0.2) is 9.69 Å². The number of hydrazine groups is 1. The third-order valence-electron chi connectivity index (χ3n) is 6.04. The Bertz CT molecular complexity index is 1290. The molecule has 5 rings (SSSR count). The van der Waals surface area contributed by atoms with Crippen molar-refractivity contribution in [2.75, 3.05) is 26.9 Å². The number of nitrogens with one attached hydrogen (secondary N) is 1. The number of hydrogen-bond acceptors (Lipinski definition) is 6. The predicted octanol–water partition coefficient (Wildman–Crippen LogP) is 5.72. The van der Waals surface area contributed by atoms with Crippen LogP contribution in [0.25, 0.3) is 17.3 Å². The third-order valence-corrected chi connectivity index (χ3v) is 7.75. The Kier molecular flexibility index (Phi) is 7.50. The van der Waals surface area contributed by atoms with Crippen molar-refractivity contribution in [1.82, 2.24) is 20.2 Å². The zero-order valence-electron chi connectivity index (χ0n) is 18.9. The van der Waals surface area contributed by atoms with Gasteiger partial charge in [-0.2, -0.15) is 5.10 Å². The van der Waals surface area contributed by atoms with Gasteiger partial charge in [0.25, 0.3) is 5.91 Å². The van der Waals surface area contributed by atoms with Crippen LogP contribution in [-0.2, 0) is 16.1 Å². The van der Waals surface area contributed by atoms with Gasteiger partial charge in [-0.05, 0) is 49.2 Å². The summed E-state index contributed by atoms with van der Waals surface area (Å²) < 4.78 is 13.6. The van der Waals surface area contributed by atoms with Crippen LogP contribution in [0.4, 0.5) is 0 Å². The summed E-state index contributed by atoms with van der Waals surface area (Å²) in [6, 6.07) is 9.13. The van der Waals surface area contributed by atoms with Gasteiger partial charge in [-0.15, -0.1) is 11.3 Å². The maximum absolute atomic E-state index is 13.5. The third kappa shape index (κ3) is 5.15. The molecule has 1 fully saturated rings. The number of benzene rings is 1. The van der Waals surface area contributed by atoms with Crippen LogP contribution >= 0.6 is 46.1 Å². The Labute approximate surface area is 222 Å². The highest BCUT2D eigenvalue weighted by atomic mass is 35.5. The number of rotatable bonds is 6. The Balaban J connectivity index is 1.59. The largest absolute Gasteiger partial charge is 0.383 e. The van der Waals surface area contributed by atoms with E-state index in [1.165, 1.54) is 11.3 Å². The summed E-state index contributed by atoms with van der Waals surface area (Å²) in [6.07, 6.45) is 3.95. The second-order valence-electron chi connectivity index (χ2n) is 8.37. The van der Waals surface area contributed by atoms with E-state index < -0.39 is 0 Å². The van der Waals surface area contributed by atoms with Crippen LogP contribution in [0.3, 0.4) is 0 Å². The molecule has 0 unspecified atom stereocenters. The lowest BCUT2D eigenvalue weighted by atomic mass is 10.0. The Morgan fingerprint density at radius 3 is 2.89 bits per heavy atom. The molecule has 0 aliphatic carbocycles. The smallest absolute Gasteiger partial charge is 0.286 e. The van der Waals surface area contributed by atoms with Crippen LogP contribution in [0.5, 0.6) is 0 Å². The fraction of sp³-hybridized carbons (Fsp3) is 0.333. The molecule has 1 N–H and O–H groups in total. The lowest BCUT2D eigenvalue weighted by Gasteiger charge is -2.24. The molecule has 7 nitrogen and oxygen atoms in total. The van der Waals surface area contributed by atoms with Gasteiger partial charge >= 0.3 is 0 Å². The summed E-state index contributed by atoms with van der Waals surface area (Å²) in [6.45, 7) is 1.93. The highest BCUT2D eigenvalue weighted by Gasteiger charge is 2.32. The average molecular weight is 554 g/mol. The average Bonchev–Trinajstić information content (AvgIpc) is 3.54. The van der Waals surface area contributed by atoms with Crippen molar-refractivity contribution in [3.05, 3.63) is 66.5 Å². The molecule has 0 spiro atoms. The maximum atomic E-state index is 13.5. The molecule has 35 heavy (non-hydrogen) atoms. The number of amides is 1. The standard InChI is InChI=1S/C24H23Cl3N4O3S/c1-33-12-16-3-2-8-30(16)29-24(32)22-18-13-34-11-14(9-17-5-7-21(27)35-17)23(18)31(28-22)20-6-4-15(25)10-19(20)26/h4-7,9-10,16H,2-3,8,11-13H2,1H3,(H,29,32)/t16-/m0/s1. The van der Waals surface area contributed by atoms with Crippen molar-refractivity contribution in [2.45, 2.75) is 25.5 Å². The molecule has 1 saturated heterocycles. The predicted molar refractivity (Wildman–Crippen MR) is 140 cm³/mol. The van der Waals surface area contributed by atoms with Crippen molar-refractivity contribution in [3.63, 3.8) is 0 Å². The van der Waals surface area contributed by atoms with E-state index in [1.54, 1.807) is 30.0 Å². The molecule has 184 valence electrons. The SMILES string of the molecule is COC[C@@H]1CCCN1NC(=O)c1nn(-c2ccc(Cl)cc2Cl)c2c1COCC2=Cc1ccc(Cl)s1. The minimum atomic E-state index is -0.294. The number of methoxy groups -OCH3 is 1. The van der Waals surface area contributed by atoms with E-state index >= 15 is 0 Å². The van der Waals surface area contributed by atoms with Gasteiger partial charge in [0.2, 0.25) is 0 Å². The highest BCUT2D eigenvalue weighted by molar-refractivity contribution is 7.17. The Morgan fingerprint density at radius 1 is 1.29 bits per heavy atom. The van der Waals surface area contributed by atoms with Crippen molar-refractivity contribution < 1.29 is 14.3 Å². The lowest BCUT2D eigenvalue weighted by Crippen LogP contribution is -2.47. The van der Waals surface area contributed by atoms with Crippen LogP contribution in [0.15, 0.2) is 30.3 Å². The number of aromatic nitrogens is 2. The second-order valence-corrected chi connectivity index (χ2v) is 11.0. The Hall–Kier alpha value is -1.91. The summed E-state index contributed by atoms with van der Waals surface area (Å²) in [5.41, 5.74) is 6.32. The van der Waals surface area contributed by atoms with E-state index in [0.29, 0.717) is 44.5 Å². The summed E-state index contributed by atoms with van der Waals surface area (Å²) in [5.74, 6) is -0.294. The first kappa shape index (κ1) is 24.8. The summed E-state index contributed by atoms with van der Waals surface area (Å²) in [5, 5.41) is 7.62. The number of nitrogens with zero attached hydrogens (tertiary/aromatic N) is 3. The molecule has 1 amide bonds. The number of carbonyl (C=O) groups is 1. The fourth-order valence-corrected chi connectivity index (χ4v) is 5.99. The van der Waals surface area contributed by atoms with E-state index in [2.05, 4.69) is 5.43 Å². The van der Waals surface area contributed by atoms with E-state index in [1.807, 2.05) is 23.2 Å². The van der Waals surface area contributed by atoms with E-state index in [-0.39, 0.29) is 18.6 Å². The first-order valence-corrected chi connectivity index (χ1v) is 13.1. The van der Waals surface area contributed by atoms with E-state index in [0.717, 1.165) is 35.5 Å². The normalized spacial score (nSPS) is 19.3. The van der Waals surface area contributed by atoms with Crippen LogP contribution in [0.1, 0.15) is 39.5 Å². The molecule has 3 aromatic rings. The first-order chi connectivity index (χ1) is 16.9. The number of ether oxygens (including phenoxy) is 2. The lowest BCUT2D eigenvalue weighted by molar-refractivity contribution is 0.0602. The minimum absolute atomic E-state index is 0.128. The van der Waals surface area contributed by atoms with Crippen molar-refractivity contribution >= 4 is 63.7 Å². The molecule has 1 aromatic carbocycles. The number of halogens is 3. The zero-order chi connectivity index (χ0) is 24.5. The summed E-state index contributed by atoms with van der Waals surface area (Å²) in [4.78, 5) is 14.4. The topological polar surface area (TPSA) is 68.6 Å². The molecular formula is C24H23Cl3N4O3S. The van der Waals surface area contributed by atoms with Crippen molar-refractivity contribution in [3.8, 4) is 5.69 Å². The number of fused-ring (bicyclic) bond motifs is 1. The van der Waals surface area contributed by atoms with Gasteiger partial charge in [0.15, 0.2) is 5.69 Å². The molecule has 0 saturated carbocycles. The fourth-order valence-electron chi connectivity index (χ4n) is 4.48.